The molecule has 4 heteroatoms. The molecular weight excluding hydrogens is 107 g/mol. The van der Waals surface area contributed by atoms with E-state index in [9.17, 15) is 0 Å². The van der Waals surface area contributed by atoms with Crippen LogP contribution in [0.2, 0.25) is 0 Å². The van der Waals surface area contributed by atoms with Gasteiger partial charge in [0.25, 0.3) is 0 Å². The Morgan fingerprint density at radius 1 is 1.50 bits per heavy atom. The first-order valence-corrected chi connectivity index (χ1v) is 1.68. The average Bonchev–Trinajstić information content (AvgIpc) is 0.918. The van der Waals surface area contributed by atoms with Crippen molar-refractivity contribution in [3.8, 4) is 0 Å². The van der Waals surface area contributed by atoms with Gasteiger partial charge in [0.1, 0.15) is 0 Å². The Balaban J connectivity index is -0.0000000200. The molecule has 2 nitrogen and oxygen atoms in total. The third-order valence-electron chi connectivity index (χ3n) is 0. The van der Waals surface area contributed by atoms with Crippen molar-refractivity contribution in [1.29, 1.82) is 0 Å². The van der Waals surface area contributed by atoms with Gasteiger partial charge in [-0.3, -0.25) is 0 Å². The Labute approximate surface area is 44.8 Å². The van der Waals surface area contributed by atoms with Crippen LogP contribution >= 0.6 is 0 Å². The van der Waals surface area contributed by atoms with Crippen LogP contribution in [0.3, 0.4) is 0 Å². The van der Waals surface area contributed by atoms with E-state index < -0.39 is 19.1 Å². The zero-order valence-corrected chi connectivity index (χ0v) is 2.88. The molecule has 0 unspecified atom stereocenters. The van der Waals surface area contributed by atoms with Crippen LogP contribution in [0.5, 0.6) is 0 Å². The third-order valence-corrected chi connectivity index (χ3v) is 0. The van der Waals surface area contributed by atoms with Crippen LogP contribution in [0, 0.1) is 0 Å². The molecule has 0 aromatic heterocycles. The quantitative estimate of drug-likeness (QED) is 0.363. The molecule has 0 aliphatic heterocycles. The number of rotatable bonds is 0. The first-order chi connectivity index (χ1) is 1.41. The van der Waals surface area contributed by atoms with E-state index in [1.165, 1.54) is 0 Å². The molecule has 0 saturated heterocycles. The molecule has 0 atom stereocenters. The van der Waals surface area contributed by atoms with Crippen molar-refractivity contribution in [1.82, 2.24) is 0 Å². The van der Waals surface area contributed by atoms with E-state index in [4.69, 9.17) is 6.65 Å². The van der Waals surface area contributed by atoms with Gasteiger partial charge in [0.2, 0.25) is 0 Å². The van der Waals surface area contributed by atoms with Crippen molar-refractivity contribution in [2.24, 2.45) is 0 Å². The van der Waals surface area contributed by atoms with Gasteiger partial charge in [0, 0.05) is 0 Å². The molecule has 0 aliphatic carbocycles. The van der Waals surface area contributed by atoms with E-state index in [2.05, 4.69) is 0 Å². The third kappa shape index (κ3) is 13.5. The van der Waals surface area contributed by atoms with E-state index in [0.29, 0.717) is 0 Å². The van der Waals surface area contributed by atoms with Gasteiger partial charge in [-0.1, -0.05) is 0 Å². The fraction of sp³-hybridized carbons (Fsp3) is 0. The van der Waals surface area contributed by atoms with Crippen molar-refractivity contribution in [3.63, 3.8) is 0 Å². The predicted molar refractivity (Wildman–Crippen MR) is 12.4 cm³/mol. The van der Waals surface area contributed by atoms with E-state index >= 15 is 0 Å². The summed E-state index contributed by atoms with van der Waals surface area (Å²) < 4.78 is 17.0. The zero-order chi connectivity index (χ0) is 2.71. The Morgan fingerprint density at radius 3 is 1.50 bits per heavy atom. The van der Waals surface area contributed by atoms with Gasteiger partial charge in [0.15, 0.2) is 17.4 Å². The molecule has 0 radical (unpaired) electrons. The second-order valence-corrected chi connectivity index (χ2v) is 0.344. The molecule has 0 heterocycles. The van der Waals surface area contributed by atoms with Crippen molar-refractivity contribution in [2.75, 3.05) is 0 Å². The molecule has 22 valence electrons. The molecule has 0 rings (SSSR count). The second-order valence-electron chi connectivity index (χ2n) is 0.0833. The van der Waals surface area contributed by atoms with Crippen LogP contribution in [0.25, 0.3) is 0 Å². The zero-order valence-electron chi connectivity index (χ0n) is 2.32. The fourth-order valence-electron chi connectivity index (χ4n) is 0. The summed E-state index contributed by atoms with van der Waals surface area (Å²) >= 11 is -2.00. The molecule has 0 spiro atoms. The van der Waals surface area contributed by atoms with Crippen LogP contribution in [-0.2, 0) is 25.7 Å². The van der Waals surface area contributed by atoms with Gasteiger partial charge in [-0.2, -0.15) is 0 Å². The summed E-state index contributed by atoms with van der Waals surface area (Å²) in [7, 11) is 0. The summed E-state index contributed by atoms with van der Waals surface area (Å²) in [6, 6.07) is 0. The summed E-state index contributed by atoms with van der Waals surface area (Å²) in [5.41, 5.74) is 0. The molecule has 0 aromatic rings. The molecule has 4 heavy (non-hydrogen) atoms. The Bertz CT molecular complexity index is 30.6. The van der Waals surface area contributed by atoms with Crippen LogP contribution in [-0.4, -0.2) is 17.4 Å². The average molecular weight is 111 g/mol. The summed E-state index contributed by atoms with van der Waals surface area (Å²) in [5, 5.41) is 0. The summed E-state index contributed by atoms with van der Waals surface area (Å²) in [6.07, 6.45) is 0. The van der Waals surface area contributed by atoms with Gasteiger partial charge in [0.05, 0.1) is 0 Å². The van der Waals surface area contributed by atoms with E-state index in [1.54, 1.807) is 0 Å². The van der Waals surface area contributed by atoms with E-state index in [1.807, 2.05) is 0 Å². The SMILES string of the molecule is [AlH3].[H+].[O]=[Ti]=[O]. The van der Waals surface area contributed by atoms with Crippen molar-refractivity contribution < 1.29 is 27.2 Å². The molecule has 0 bridgehead atoms. The number of hydrogen-bond acceptors (Lipinski definition) is 2. The first-order valence-electron chi connectivity index (χ1n) is 0.408. The molecule has 0 saturated carbocycles. The standard InChI is InChI=1S/Al.2O.Ti.3H/p+1. The van der Waals surface area contributed by atoms with Gasteiger partial charge >= 0.3 is 27.2 Å². The minimum absolute atomic E-state index is 0. The van der Waals surface area contributed by atoms with Crippen LogP contribution in [0.4, 0.5) is 0 Å². The van der Waals surface area contributed by atoms with Gasteiger partial charge < -0.3 is 0 Å². The minimum atomic E-state index is -2.00. The summed E-state index contributed by atoms with van der Waals surface area (Å²) in [6.45, 7) is 0. The number of hydrogen-bond donors (Lipinski definition) is 0. The van der Waals surface area contributed by atoms with Crippen molar-refractivity contribution in [3.05, 3.63) is 0 Å². The normalized spacial score (nSPS) is 2.00. The Hall–Kier alpha value is 0.847. The van der Waals surface area contributed by atoms with Crippen LogP contribution in [0.15, 0.2) is 0 Å². The molecule has 0 fully saturated rings. The predicted octanol–water partition coefficient (Wildman–Crippen LogP) is -1.31. The monoisotopic (exact) mass is 111 g/mol. The van der Waals surface area contributed by atoms with Gasteiger partial charge in [-0.15, -0.1) is 0 Å². The second kappa shape index (κ2) is 9.14. The Morgan fingerprint density at radius 2 is 1.50 bits per heavy atom. The molecule has 0 N–H and O–H groups in total. The topological polar surface area (TPSA) is 34.1 Å². The maximum atomic E-state index is 8.50. The summed E-state index contributed by atoms with van der Waals surface area (Å²) in [4.78, 5) is 0. The van der Waals surface area contributed by atoms with Gasteiger partial charge in [-0.05, 0) is 0 Å². The molecule has 0 aliphatic rings. The van der Waals surface area contributed by atoms with Crippen LogP contribution < -0.4 is 0 Å². The molecule has 0 aromatic carbocycles. The molecule has 0 amide bonds. The van der Waals surface area contributed by atoms with E-state index in [0.717, 1.165) is 0 Å². The fourth-order valence-corrected chi connectivity index (χ4v) is 0. The molecular formula is H4AlO2Ti+. The van der Waals surface area contributed by atoms with Crippen molar-refractivity contribution in [2.45, 2.75) is 0 Å². The van der Waals surface area contributed by atoms with E-state index in [-0.39, 0.29) is 18.8 Å². The Kier molecular flexibility index (Phi) is 20.2. The van der Waals surface area contributed by atoms with Gasteiger partial charge in [-0.25, -0.2) is 0 Å². The maximum absolute atomic E-state index is 8.50. The van der Waals surface area contributed by atoms with Crippen molar-refractivity contribution >= 4 is 17.4 Å². The first kappa shape index (κ1) is 8.85. The summed E-state index contributed by atoms with van der Waals surface area (Å²) in [5.74, 6) is 0. The van der Waals surface area contributed by atoms with Crippen LogP contribution in [0.1, 0.15) is 1.43 Å².